The van der Waals surface area contributed by atoms with Gasteiger partial charge in [-0.05, 0) is 106 Å². The molecule has 160 valence electrons. The molecule has 0 N–H and O–H groups in total. The van der Waals surface area contributed by atoms with Crippen LogP contribution in [0.15, 0.2) is 58.2 Å². The summed E-state index contributed by atoms with van der Waals surface area (Å²) in [4.78, 5) is 0. The van der Waals surface area contributed by atoms with Crippen molar-refractivity contribution >= 4 is 11.6 Å². The van der Waals surface area contributed by atoms with E-state index in [2.05, 4.69) is 71.9 Å². The second-order valence-electron chi connectivity index (χ2n) is 8.47. The van der Waals surface area contributed by atoms with E-state index in [0.29, 0.717) is 0 Å². The molecular formula is C27H45Cl. The Balaban J connectivity index is 4.00. The normalized spacial score (nSPS) is 13.8. The predicted molar refractivity (Wildman–Crippen MR) is 131 cm³/mol. The number of alkyl halides is 1. The van der Waals surface area contributed by atoms with E-state index in [1.807, 2.05) is 0 Å². The smallest absolute Gasteiger partial charge is 0.0226 e. The van der Waals surface area contributed by atoms with Crippen LogP contribution in [0.1, 0.15) is 106 Å². The molecule has 0 aliphatic carbocycles. The topological polar surface area (TPSA) is 0 Å². The SMILES string of the molecule is CC(C)=CCC/C(C)=C/CC/C(C)=C/CC/C=C(\C)CC/C=C(\C)CCCCl. The van der Waals surface area contributed by atoms with Gasteiger partial charge in [0.05, 0.1) is 0 Å². The molecular weight excluding hydrogens is 360 g/mol. The summed E-state index contributed by atoms with van der Waals surface area (Å²) in [6, 6.07) is 0. The van der Waals surface area contributed by atoms with Crippen molar-refractivity contribution in [2.45, 2.75) is 106 Å². The quantitative estimate of drug-likeness (QED) is 0.145. The molecule has 0 aliphatic rings. The van der Waals surface area contributed by atoms with Gasteiger partial charge in [0.25, 0.3) is 0 Å². The third kappa shape index (κ3) is 18.4. The largest absolute Gasteiger partial charge is 0.127 e. The summed E-state index contributed by atoms with van der Waals surface area (Å²) in [5.74, 6) is 0.767. The van der Waals surface area contributed by atoms with Gasteiger partial charge in [-0.25, -0.2) is 0 Å². The van der Waals surface area contributed by atoms with Gasteiger partial charge in [0.15, 0.2) is 0 Å². The number of halogens is 1. The molecule has 0 atom stereocenters. The average molecular weight is 405 g/mol. The van der Waals surface area contributed by atoms with Crippen molar-refractivity contribution in [3.63, 3.8) is 0 Å². The van der Waals surface area contributed by atoms with Gasteiger partial charge in [0, 0.05) is 5.88 Å². The second-order valence-corrected chi connectivity index (χ2v) is 8.85. The van der Waals surface area contributed by atoms with Gasteiger partial charge in [-0.15, -0.1) is 11.6 Å². The molecule has 0 bridgehead atoms. The molecule has 0 unspecified atom stereocenters. The maximum Gasteiger partial charge on any atom is 0.0226 e. The van der Waals surface area contributed by atoms with E-state index in [4.69, 9.17) is 11.6 Å². The van der Waals surface area contributed by atoms with Crippen LogP contribution in [0.2, 0.25) is 0 Å². The van der Waals surface area contributed by atoms with Crippen LogP contribution >= 0.6 is 11.6 Å². The first kappa shape index (κ1) is 27.0. The lowest BCUT2D eigenvalue weighted by molar-refractivity contribution is 0.880. The van der Waals surface area contributed by atoms with E-state index in [1.54, 1.807) is 0 Å². The highest BCUT2D eigenvalue weighted by Crippen LogP contribution is 2.14. The van der Waals surface area contributed by atoms with Gasteiger partial charge in [0.1, 0.15) is 0 Å². The van der Waals surface area contributed by atoms with E-state index < -0.39 is 0 Å². The van der Waals surface area contributed by atoms with E-state index in [9.17, 15) is 0 Å². The molecule has 0 radical (unpaired) electrons. The van der Waals surface area contributed by atoms with Crippen molar-refractivity contribution < 1.29 is 0 Å². The summed E-state index contributed by atoms with van der Waals surface area (Å²) in [5, 5.41) is 0. The number of unbranched alkanes of at least 4 members (excludes halogenated alkanes) is 1. The zero-order valence-corrected chi connectivity index (χ0v) is 20.3. The molecule has 0 aromatic carbocycles. The molecule has 0 amide bonds. The highest BCUT2D eigenvalue weighted by atomic mass is 35.5. The highest BCUT2D eigenvalue weighted by molar-refractivity contribution is 6.17. The Bertz CT molecular complexity index is 551. The summed E-state index contributed by atoms with van der Waals surface area (Å²) >= 11 is 5.75. The monoisotopic (exact) mass is 404 g/mol. The summed E-state index contributed by atoms with van der Waals surface area (Å²) in [7, 11) is 0. The third-order valence-corrected chi connectivity index (χ3v) is 5.28. The number of allylic oxidation sites excluding steroid dienone is 10. The van der Waals surface area contributed by atoms with Gasteiger partial charge >= 0.3 is 0 Å². The fraction of sp³-hybridized carbons (Fsp3) is 0.630. The Morgan fingerprint density at radius 2 is 0.857 bits per heavy atom. The Labute approximate surface area is 181 Å². The fourth-order valence-electron chi connectivity index (χ4n) is 3.09. The molecule has 0 aliphatic heterocycles. The predicted octanol–water partition coefficient (Wildman–Crippen LogP) is 9.88. The second kappa shape index (κ2) is 18.0. The molecule has 0 aromatic heterocycles. The van der Waals surface area contributed by atoms with E-state index in [1.165, 1.54) is 60.0 Å². The first-order valence-electron chi connectivity index (χ1n) is 11.2. The number of hydrogen-bond acceptors (Lipinski definition) is 0. The number of rotatable bonds is 15. The van der Waals surface area contributed by atoms with Gasteiger partial charge in [-0.1, -0.05) is 58.2 Å². The van der Waals surface area contributed by atoms with Gasteiger partial charge in [-0.2, -0.15) is 0 Å². The summed E-state index contributed by atoms with van der Waals surface area (Å²) in [6.45, 7) is 13.4. The Morgan fingerprint density at radius 3 is 1.25 bits per heavy atom. The molecule has 0 rings (SSSR count). The highest BCUT2D eigenvalue weighted by Gasteiger charge is 1.94. The number of hydrogen-bond donors (Lipinski definition) is 0. The van der Waals surface area contributed by atoms with Crippen molar-refractivity contribution in [2.75, 3.05) is 5.88 Å². The standard InChI is InChI=1S/C27H45Cl/c1-23(2)13-9-16-26(5)19-10-17-24(3)14-7-8-15-25(4)18-11-20-27(6)21-12-22-28/h13-15,19-20H,7-12,16-18,21-22H2,1-6H3/b24-14+,25-15+,26-19+,27-20+. The van der Waals surface area contributed by atoms with Gasteiger partial charge in [0.2, 0.25) is 0 Å². The molecule has 0 fully saturated rings. The van der Waals surface area contributed by atoms with Crippen LogP contribution in [0.4, 0.5) is 0 Å². The molecule has 0 spiro atoms. The van der Waals surface area contributed by atoms with E-state index in [0.717, 1.165) is 38.0 Å². The third-order valence-electron chi connectivity index (χ3n) is 5.01. The molecule has 0 saturated carbocycles. The summed E-state index contributed by atoms with van der Waals surface area (Å²) in [5.41, 5.74) is 7.47. The van der Waals surface area contributed by atoms with Crippen LogP contribution in [0.25, 0.3) is 0 Å². The lowest BCUT2D eigenvalue weighted by Gasteiger charge is -2.02. The van der Waals surface area contributed by atoms with E-state index >= 15 is 0 Å². The molecule has 0 aromatic rings. The molecule has 0 nitrogen and oxygen atoms in total. The summed E-state index contributed by atoms with van der Waals surface area (Å²) in [6.07, 6.45) is 23.6. The van der Waals surface area contributed by atoms with Crippen molar-refractivity contribution in [3.8, 4) is 0 Å². The first-order valence-corrected chi connectivity index (χ1v) is 11.7. The van der Waals surface area contributed by atoms with E-state index in [-0.39, 0.29) is 0 Å². The van der Waals surface area contributed by atoms with Crippen LogP contribution in [0.5, 0.6) is 0 Å². The lowest BCUT2D eigenvalue weighted by Crippen LogP contribution is -1.83. The zero-order chi connectivity index (χ0) is 21.2. The minimum Gasteiger partial charge on any atom is -0.127 e. The lowest BCUT2D eigenvalue weighted by atomic mass is 10.0. The maximum atomic E-state index is 5.75. The van der Waals surface area contributed by atoms with Crippen molar-refractivity contribution in [1.29, 1.82) is 0 Å². The minimum absolute atomic E-state index is 0.767. The minimum atomic E-state index is 0.767. The molecule has 0 heterocycles. The Kier molecular flexibility index (Phi) is 17.4. The fourth-order valence-corrected chi connectivity index (χ4v) is 3.23. The van der Waals surface area contributed by atoms with Crippen LogP contribution in [-0.2, 0) is 0 Å². The van der Waals surface area contributed by atoms with Gasteiger partial charge in [-0.3, -0.25) is 0 Å². The molecule has 0 saturated heterocycles. The molecule has 1 heteroatoms. The Hall–Kier alpha value is -1.01. The van der Waals surface area contributed by atoms with Gasteiger partial charge < -0.3 is 0 Å². The van der Waals surface area contributed by atoms with Crippen LogP contribution in [0, 0.1) is 0 Å². The maximum absolute atomic E-state index is 5.75. The summed E-state index contributed by atoms with van der Waals surface area (Å²) < 4.78 is 0. The van der Waals surface area contributed by atoms with Crippen molar-refractivity contribution in [3.05, 3.63) is 58.2 Å². The zero-order valence-electron chi connectivity index (χ0n) is 19.5. The van der Waals surface area contributed by atoms with Crippen molar-refractivity contribution in [1.82, 2.24) is 0 Å². The average Bonchev–Trinajstić information content (AvgIpc) is 2.63. The van der Waals surface area contributed by atoms with Crippen LogP contribution < -0.4 is 0 Å². The van der Waals surface area contributed by atoms with Crippen molar-refractivity contribution in [2.24, 2.45) is 0 Å². The Morgan fingerprint density at radius 1 is 0.500 bits per heavy atom. The molecule has 28 heavy (non-hydrogen) atoms. The first-order chi connectivity index (χ1) is 13.3. The van der Waals surface area contributed by atoms with Crippen LogP contribution in [0.3, 0.4) is 0 Å². The van der Waals surface area contributed by atoms with Crippen LogP contribution in [-0.4, -0.2) is 5.88 Å².